The molecule has 18 heavy (non-hydrogen) atoms. The molecule has 0 radical (unpaired) electrons. The summed E-state index contributed by atoms with van der Waals surface area (Å²) in [5.74, 6) is 0.580. The Morgan fingerprint density at radius 3 is 3.00 bits per heavy atom. The number of Topliss-reactive ketones (excluding diaryl/α,β-unsaturated/α-hetero) is 1. The van der Waals surface area contributed by atoms with Crippen LogP contribution in [0.5, 0.6) is 0 Å². The quantitative estimate of drug-likeness (QED) is 0.744. The van der Waals surface area contributed by atoms with E-state index in [1.807, 2.05) is 0 Å². The third-order valence-corrected chi connectivity index (χ3v) is 3.20. The molecule has 0 amide bonds. The van der Waals surface area contributed by atoms with Crippen LogP contribution >= 0.6 is 0 Å². The first-order valence-electron chi connectivity index (χ1n) is 5.94. The number of piperidine rings is 1. The molecule has 94 valence electrons. The van der Waals surface area contributed by atoms with E-state index in [0.29, 0.717) is 35.6 Å². The van der Waals surface area contributed by atoms with Gasteiger partial charge in [0.2, 0.25) is 0 Å². The SMILES string of the molecule is Cc1nnc2c(n1)c(C1CNCCC1=O)nn2C. The zero-order valence-electron chi connectivity index (χ0n) is 10.3. The third kappa shape index (κ3) is 1.67. The van der Waals surface area contributed by atoms with Crippen LogP contribution in [0.3, 0.4) is 0 Å². The molecule has 1 aliphatic heterocycles. The molecule has 2 aromatic rings. The number of ketones is 1. The zero-order valence-corrected chi connectivity index (χ0v) is 10.3. The molecule has 7 heteroatoms. The summed E-state index contributed by atoms with van der Waals surface area (Å²) in [7, 11) is 1.79. The van der Waals surface area contributed by atoms with Crippen molar-refractivity contribution in [2.45, 2.75) is 19.3 Å². The van der Waals surface area contributed by atoms with Crippen LogP contribution in [0.1, 0.15) is 23.9 Å². The summed E-state index contributed by atoms with van der Waals surface area (Å²) in [6.45, 7) is 3.14. The van der Waals surface area contributed by atoms with E-state index >= 15 is 0 Å². The molecule has 1 atom stereocenters. The fourth-order valence-electron chi connectivity index (χ4n) is 2.28. The van der Waals surface area contributed by atoms with Gasteiger partial charge in [0.15, 0.2) is 5.65 Å². The largest absolute Gasteiger partial charge is 0.315 e. The highest BCUT2D eigenvalue weighted by molar-refractivity contribution is 5.90. The van der Waals surface area contributed by atoms with Crippen molar-refractivity contribution in [3.05, 3.63) is 11.5 Å². The monoisotopic (exact) mass is 246 g/mol. The van der Waals surface area contributed by atoms with E-state index < -0.39 is 0 Å². The van der Waals surface area contributed by atoms with Crippen LogP contribution in [0.15, 0.2) is 0 Å². The number of carbonyl (C=O) groups excluding carboxylic acids is 1. The normalized spacial score (nSPS) is 20.6. The predicted octanol–water partition coefficient (Wildman–Crippen LogP) is -0.287. The topological polar surface area (TPSA) is 85.6 Å². The lowest BCUT2D eigenvalue weighted by molar-refractivity contribution is -0.121. The molecule has 1 aliphatic rings. The maximum atomic E-state index is 12.0. The van der Waals surface area contributed by atoms with Gasteiger partial charge in [0.05, 0.1) is 5.92 Å². The molecule has 0 aliphatic carbocycles. The highest BCUT2D eigenvalue weighted by Gasteiger charge is 2.29. The first kappa shape index (κ1) is 11.2. The van der Waals surface area contributed by atoms with Gasteiger partial charge in [-0.3, -0.25) is 4.79 Å². The van der Waals surface area contributed by atoms with Crippen LogP contribution < -0.4 is 5.32 Å². The average molecular weight is 246 g/mol. The van der Waals surface area contributed by atoms with Crippen molar-refractivity contribution in [1.82, 2.24) is 30.3 Å². The molecular weight excluding hydrogens is 232 g/mol. The fourth-order valence-corrected chi connectivity index (χ4v) is 2.28. The van der Waals surface area contributed by atoms with Crippen LogP contribution in [0.2, 0.25) is 0 Å². The Hall–Kier alpha value is -1.89. The van der Waals surface area contributed by atoms with Crippen molar-refractivity contribution in [1.29, 1.82) is 0 Å². The maximum Gasteiger partial charge on any atom is 0.199 e. The number of rotatable bonds is 1. The Morgan fingerprint density at radius 1 is 1.39 bits per heavy atom. The Labute approximate surface area is 104 Å². The van der Waals surface area contributed by atoms with E-state index in [2.05, 4.69) is 25.6 Å². The van der Waals surface area contributed by atoms with Crippen LogP contribution in [-0.2, 0) is 11.8 Å². The highest BCUT2D eigenvalue weighted by atomic mass is 16.1. The summed E-state index contributed by atoms with van der Waals surface area (Å²) in [6, 6.07) is 0. The van der Waals surface area contributed by atoms with E-state index in [4.69, 9.17) is 0 Å². The molecule has 0 aromatic carbocycles. The lowest BCUT2D eigenvalue weighted by Crippen LogP contribution is -2.35. The van der Waals surface area contributed by atoms with Gasteiger partial charge in [-0.2, -0.15) is 5.10 Å². The number of aromatic nitrogens is 5. The molecule has 3 rings (SSSR count). The van der Waals surface area contributed by atoms with Crippen molar-refractivity contribution in [2.75, 3.05) is 13.1 Å². The number of nitrogens with one attached hydrogen (secondary N) is 1. The van der Waals surface area contributed by atoms with Crippen molar-refractivity contribution >= 4 is 16.9 Å². The molecule has 1 unspecified atom stereocenters. The molecule has 1 fully saturated rings. The van der Waals surface area contributed by atoms with Gasteiger partial charge in [0, 0.05) is 26.6 Å². The number of fused-ring (bicyclic) bond motifs is 1. The maximum absolute atomic E-state index is 12.0. The van der Waals surface area contributed by atoms with Gasteiger partial charge in [-0.25, -0.2) is 9.67 Å². The molecule has 2 aromatic heterocycles. The predicted molar refractivity (Wildman–Crippen MR) is 64.1 cm³/mol. The molecule has 1 saturated heterocycles. The van der Waals surface area contributed by atoms with Crippen molar-refractivity contribution in [3.63, 3.8) is 0 Å². The Balaban J connectivity index is 2.16. The summed E-state index contributed by atoms with van der Waals surface area (Å²) < 4.78 is 1.63. The van der Waals surface area contributed by atoms with Crippen LogP contribution in [-0.4, -0.2) is 43.8 Å². The summed E-state index contributed by atoms with van der Waals surface area (Å²) in [5, 5.41) is 15.6. The second-order valence-electron chi connectivity index (χ2n) is 4.51. The van der Waals surface area contributed by atoms with E-state index in [1.165, 1.54) is 0 Å². The first-order valence-corrected chi connectivity index (χ1v) is 5.94. The number of nitrogens with zero attached hydrogens (tertiary/aromatic N) is 5. The summed E-state index contributed by atoms with van der Waals surface area (Å²) in [6.07, 6.45) is 0.542. The van der Waals surface area contributed by atoms with Gasteiger partial charge in [-0.15, -0.1) is 10.2 Å². The highest BCUT2D eigenvalue weighted by Crippen LogP contribution is 2.24. The number of hydrogen-bond acceptors (Lipinski definition) is 6. The average Bonchev–Trinajstić information content (AvgIpc) is 2.67. The minimum Gasteiger partial charge on any atom is -0.315 e. The molecule has 0 spiro atoms. The molecular formula is C11H14N6O. The van der Waals surface area contributed by atoms with Gasteiger partial charge in [-0.05, 0) is 6.92 Å². The number of hydrogen-bond donors (Lipinski definition) is 1. The van der Waals surface area contributed by atoms with Gasteiger partial charge in [-0.1, -0.05) is 0 Å². The van der Waals surface area contributed by atoms with Crippen LogP contribution in [0.4, 0.5) is 0 Å². The van der Waals surface area contributed by atoms with Gasteiger partial charge >= 0.3 is 0 Å². The summed E-state index contributed by atoms with van der Waals surface area (Å²) in [5.41, 5.74) is 2.02. The zero-order chi connectivity index (χ0) is 12.7. The standard InChI is InChI=1S/C11H14N6O/c1-6-13-10-9(7-5-12-4-3-8(7)18)16-17(2)11(10)15-14-6/h7,12H,3-5H2,1-2H3. The molecule has 1 N–H and O–H groups in total. The molecule has 0 saturated carbocycles. The van der Waals surface area contributed by atoms with Gasteiger partial charge < -0.3 is 5.32 Å². The Kier molecular flexibility index (Phi) is 2.55. The second-order valence-corrected chi connectivity index (χ2v) is 4.51. The first-order chi connectivity index (χ1) is 8.66. The minimum absolute atomic E-state index is 0.213. The van der Waals surface area contributed by atoms with E-state index in [1.54, 1.807) is 18.7 Å². The van der Waals surface area contributed by atoms with E-state index in [0.717, 1.165) is 6.54 Å². The summed E-state index contributed by atoms with van der Waals surface area (Å²) >= 11 is 0. The van der Waals surface area contributed by atoms with Crippen molar-refractivity contribution in [2.24, 2.45) is 7.05 Å². The van der Waals surface area contributed by atoms with Crippen LogP contribution in [0.25, 0.3) is 11.2 Å². The number of aryl methyl sites for hydroxylation is 2. The fraction of sp³-hybridized carbons (Fsp3) is 0.545. The second kappa shape index (κ2) is 4.09. The lowest BCUT2D eigenvalue weighted by Gasteiger charge is -2.19. The summed E-state index contributed by atoms with van der Waals surface area (Å²) in [4.78, 5) is 16.3. The molecule has 7 nitrogen and oxygen atoms in total. The van der Waals surface area contributed by atoms with Crippen LogP contribution in [0, 0.1) is 6.92 Å². The molecule has 3 heterocycles. The third-order valence-electron chi connectivity index (χ3n) is 3.20. The smallest absolute Gasteiger partial charge is 0.199 e. The van der Waals surface area contributed by atoms with Crippen molar-refractivity contribution in [3.8, 4) is 0 Å². The van der Waals surface area contributed by atoms with E-state index in [-0.39, 0.29) is 11.7 Å². The minimum atomic E-state index is -0.224. The van der Waals surface area contributed by atoms with Crippen molar-refractivity contribution < 1.29 is 4.79 Å². The van der Waals surface area contributed by atoms with Gasteiger partial charge in [0.25, 0.3) is 0 Å². The Bertz CT molecular complexity index is 619. The van der Waals surface area contributed by atoms with Gasteiger partial charge in [0.1, 0.15) is 22.8 Å². The lowest BCUT2D eigenvalue weighted by atomic mass is 9.94. The number of carbonyl (C=O) groups is 1. The van der Waals surface area contributed by atoms with E-state index in [9.17, 15) is 4.79 Å². The molecule has 0 bridgehead atoms. The Morgan fingerprint density at radius 2 is 2.22 bits per heavy atom.